The largest absolute Gasteiger partial charge is 0.375 e. The highest BCUT2D eigenvalue weighted by molar-refractivity contribution is 7.81. The van der Waals surface area contributed by atoms with Crippen molar-refractivity contribution in [2.75, 3.05) is 13.1 Å². The first-order chi connectivity index (χ1) is 13.7. The molecule has 28 heavy (non-hydrogen) atoms. The second-order valence-corrected chi connectivity index (χ2v) is 7.38. The zero-order valence-electron chi connectivity index (χ0n) is 15.7. The fourth-order valence-corrected chi connectivity index (χ4v) is 3.39. The average molecular weight is 405 g/mol. The molecular formula is C24H24N2S2. The molecule has 142 valence electrons. The van der Waals surface area contributed by atoms with Crippen LogP contribution in [0.5, 0.6) is 0 Å². The standard InChI is InChI=1S/C24H24N2S2/c27-23(25-16-14-19-8-3-1-4-9-19)21-12-7-13-22(18-21)24(28)26-17-15-20-10-5-2-6-11-20/h1-13,18H,14-17H2,(H,25,27)(H,26,28). The molecule has 0 amide bonds. The Morgan fingerprint density at radius 2 is 1.00 bits per heavy atom. The molecule has 0 atom stereocenters. The quantitative estimate of drug-likeness (QED) is 0.531. The average Bonchev–Trinajstić information content (AvgIpc) is 2.75. The topological polar surface area (TPSA) is 24.1 Å². The van der Waals surface area contributed by atoms with E-state index in [1.165, 1.54) is 11.1 Å². The molecule has 0 aliphatic rings. The van der Waals surface area contributed by atoms with Crippen molar-refractivity contribution in [3.8, 4) is 0 Å². The van der Waals surface area contributed by atoms with Gasteiger partial charge < -0.3 is 10.6 Å². The molecule has 0 unspecified atom stereocenters. The molecule has 3 rings (SSSR count). The Morgan fingerprint density at radius 3 is 1.43 bits per heavy atom. The van der Waals surface area contributed by atoms with Gasteiger partial charge in [0.2, 0.25) is 0 Å². The van der Waals surface area contributed by atoms with Crippen LogP contribution in [-0.2, 0) is 12.8 Å². The molecule has 2 nitrogen and oxygen atoms in total. The highest BCUT2D eigenvalue weighted by Gasteiger charge is 2.06. The Hall–Kier alpha value is -2.56. The Kier molecular flexibility index (Phi) is 7.71. The smallest absolute Gasteiger partial charge is 0.106 e. The van der Waals surface area contributed by atoms with Crippen molar-refractivity contribution < 1.29 is 0 Å². The van der Waals surface area contributed by atoms with Crippen LogP contribution >= 0.6 is 24.4 Å². The summed E-state index contributed by atoms with van der Waals surface area (Å²) in [5.41, 5.74) is 4.59. The van der Waals surface area contributed by atoms with Gasteiger partial charge in [0, 0.05) is 24.2 Å². The van der Waals surface area contributed by atoms with Crippen LogP contribution in [0.1, 0.15) is 22.3 Å². The van der Waals surface area contributed by atoms with Gasteiger partial charge in [0.05, 0.1) is 0 Å². The number of hydrogen-bond donors (Lipinski definition) is 2. The lowest BCUT2D eigenvalue weighted by Crippen LogP contribution is -2.27. The van der Waals surface area contributed by atoms with Crippen molar-refractivity contribution in [2.24, 2.45) is 0 Å². The highest BCUT2D eigenvalue weighted by Crippen LogP contribution is 2.08. The molecule has 0 radical (unpaired) electrons. The molecule has 3 aromatic carbocycles. The van der Waals surface area contributed by atoms with Crippen molar-refractivity contribution in [2.45, 2.75) is 12.8 Å². The van der Waals surface area contributed by atoms with Crippen LogP contribution in [0.25, 0.3) is 0 Å². The molecule has 0 aliphatic heterocycles. The lowest BCUT2D eigenvalue weighted by molar-refractivity contribution is 0.873. The maximum atomic E-state index is 5.56. The third-order valence-corrected chi connectivity index (χ3v) is 5.23. The Morgan fingerprint density at radius 1 is 0.571 bits per heavy atom. The zero-order valence-corrected chi connectivity index (χ0v) is 17.4. The Bertz CT molecular complexity index is 835. The van der Waals surface area contributed by atoms with E-state index in [9.17, 15) is 0 Å². The maximum absolute atomic E-state index is 5.56. The fraction of sp³-hybridized carbons (Fsp3) is 0.167. The van der Waals surface area contributed by atoms with Crippen molar-refractivity contribution >= 4 is 34.4 Å². The molecule has 0 saturated heterocycles. The second-order valence-electron chi connectivity index (χ2n) is 6.56. The number of benzene rings is 3. The minimum absolute atomic E-state index is 0.755. The van der Waals surface area contributed by atoms with Gasteiger partial charge in [-0.05, 0) is 30.0 Å². The first-order valence-electron chi connectivity index (χ1n) is 9.47. The molecule has 0 heterocycles. The maximum Gasteiger partial charge on any atom is 0.106 e. The van der Waals surface area contributed by atoms with Crippen LogP contribution in [0.4, 0.5) is 0 Å². The van der Waals surface area contributed by atoms with E-state index >= 15 is 0 Å². The van der Waals surface area contributed by atoms with Crippen molar-refractivity contribution in [3.05, 3.63) is 107 Å². The molecule has 2 N–H and O–H groups in total. The lowest BCUT2D eigenvalue weighted by atomic mass is 10.1. The van der Waals surface area contributed by atoms with E-state index < -0.39 is 0 Å². The summed E-state index contributed by atoms with van der Waals surface area (Å²) in [6, 6.07) is 28.9. The Balaban J connectivity index is 1.49. The van der Waals surface area contributed by atoms with Crippen LogP contribution in [0.3, 0.4) is 0 Å². The predicted octanol–water partition coefficient (Wildman–Crippen LogP) is 4.70. The van der Waals surface area contributed by atoms with Gasteiger partial charge in [0.1, 0.15) is 9.98 Å². The van der Waals surface area contributed by atoms with Crippen LogP contribution in [0.15, 0.2) is 84.9 Å². The van der Waals surface area contributed by atoms with Crippen LogP contribution in [-0.4, -0.2) is 23.1 Å². The summed E-state index contributed by atoms with van der Waals surface area (Å²) < 4.78 is 0. The lowest BCUT2D eigenvalue weighted by Gasteiger charge is -2.12. The van der Waals surface area contributed by atoms with Gasteiger partial charge in [-0.2, -0.15) is 0 Å². The molecule has 0 aliphatic carbocycles. The highest BCUT2D eigenvalue weighted by atomic mass is 32.1. The SMILES string of the molecule is S=C(NCCc1ccccc1)c1cccc(C(=S)NCCc2ccccc2)c1. The summed E-state index contributed by atoms with van der Waals surface area (Å²) in [7, 11) is 0. The molecule has 3 aromatic rings. The number of nitrogens with one attached hydrogen (secondary N) is 2. The molecule has 0 aromatic heterocycles. The van der Waals surface area contributed by atoms with E-state index in [-0.39, 0.29) is 0 Å². The van der Waals surface area contributed by atoms with Crippen molar-refractivity contribution in [3.63, 3.8) is 0 Å². The minimum Gasteiger partial charge on any atom is -0.375 e. The molecule has 0 spiro atoms. The van der Waals surface area contributed by atoms with Gasteiger partial charge in [-0.25, -0.2) is 0 Å². The monoisotopic (exact) mass is 404 g/mol. The minimum atomic E-state index is 0.755. The third kappa shape index (κ3) is 6.25. The number of hydrogen-bond acceptors (Lipinski definition) is 2. The summed E-state index contributed by atoms with van der Waals surface area (Å²) in [4.78, 5) is 1.51. The first kappa shape index (κ1) is 20.2. The van der Waals surface area contributed by atoms with E-state index in [0.717, 1.165) is 47.0 Å². The van der Waals surface area contributed by atoms with E-state index in [4.69, 9.17) is 24.4 Å². The van der Waals surface area contributed by atoms with Gasteiger partial charge in [0.15, 0.2) is 0 Å². The van der Waals surface area contributed by atoms with E-state index in [0.29, 0.717) is 0 Å². The molecule has 0 saturated carbocycles. The van der Waals surface area contributed by atoms with Gasteiger partial charge >= 0.3 is 0 Å². The van der Waals surface area contributed by atoms with Crippen LogP contribution in [0.2, 0.25) is 0 Å². The Labute approximate surface area is 178 Å². The summed E-state index contributed by atoms with van der Waals surface area (Å²) in [6.07, 6.45) is 1.89. The van der Waals surface area contributed by atoms with Crippen LogP contribution < -0.4 is 10.6 Å². The number of rotatable bonds is 8. The third-order valence-electron chi connectivity index (χ3n) is 4.47. The van der Waals surface area contributed by atoms with E-state index in [2.05, 4.69) is 65.2 Å². The summed E-state index contributed by atoms with van der Waals surface area (Å²) in [5, 5.41) is 6.69. The predicted molar refractivity (Wildman–Crippen MR) is 126 cm³/mol. The van der Waals surface area contributed by atoms with Gasteiger partial charge in [0.25, 0.3) is 0 Å². The molecule has 0 fully saturated rings. The number of thiocarbonyl (C=S) groups is 2. The second kappa shape index (κ2) is 10.7. The summed E-state index contributed by atoms with van der Waals surface area (Å²) in [6.45, 7) is 1.62. The first-order valence-corrected chi connectivity index (χ1v) is 10.3. The van der Waals surface area contributed by atoms with Crippen molar-refractivity contribution in [1.82, 2.24) is 10.6 Å². The molecular weight excluding hydrogens is 380 g/mol. The van der Waals surface area contributed by atoms with E-state index in [1.807, 2.05) is 30.3 Å². The summed E-state index contributed by atoms with van der Waals surface area (Å²) >= 11 is 11.1. The van der Waals surface area contributed by atoms with Crippen molar-refractivity contribution in [1.29, 1.82) is 0 Å². The van der Waals surface area contributed by atoms with Gasteiger partial charge in [-0.1, -0.05) is 103 Å². The van der Waals surface area contributed by atoms with Gasteiger partial charge in [-0.15, -0.1) is 0 Å². The fourth-order valence-electron chi connectivity index (χ4n) is 2.94. The van der Waals surface area contributed by atoms with Gasteiger partial charge in [-0.3, -0.25) is 0 Å². The van der Waals surface area contributed by atoms with E-state index in [1.54, 1.807) is 0 Å². The van der Waals surface area contributed by atoms with Crippen LogP contribution in [0, 0.1) is 0 Å². The molecule has 4 heteroatoms. The summed E-state index contributed by atoms with van der Waals surface area (Å²) in [5.74, 6) is 0. The normalized spacial score (nSPS) is 10.3. The zero-order chi connectivity index (χ0) is 19.6. The molecule has 0 bridgehead atoms.